The first-order valence-corrected chi connectivity index (χ1v) is 10.7. The minimum absolute atomic E-state index is 0.172. The molecule has 4 rings (SSSR count). The molecule has 0 atom stereocenters. The predicted molar refractivity (Wildman–Crippen MR) is 110 cm³/mol. The van der Waals surface area contributed by atoms with Crippen molar-refractivity contribution in [2.24, 2.45) is 0 Å². The van der Waals surface area contributed by atoms with Gasteiger partial charge in [0.1, 0.15) is 11.6 Å². The predicted octanol–water partition coefficient (Wildman–Crippen LogP) is 5.89. The fraction of sp³-hybridized carbons (Fsp3) is 0.364. The fourth-order valence-corrected chi connectivity index (χ4v) is 4.73. The van der Waals surface area contributed by atoms with Crippen molar-refractivity contribution in [2.75, 3.05) is 7.11 Å². The van der Waals surface area contributed by atoms with Crippen LogP contribution in [0.25, 0.3) is 11.4 Å². The third-order valence-electron chi connectivity index (χ3n) is 5.27. The largest absolute Gasteiger partial charge is 0.497 e. The molecule has 0 unspecified atom stereocenters. The third kappa shape index (κ3) is 4.07. The van der Waals surface area contributed by atoms with E-state index in [0.29, 0.717) is 17.4 Å². The van der Waals surface area contributed by atoms with Crippen LogP contribution in [-0.2, 0) is 5.75 Å². The highest BCUT2D eigenvalue weighted by Gasteiger charge is 2.24. The Kier molecular flexibility index (Phi) is 5.95. The molecule has 1 saturated carbocycles. The highest BCUT2D eigenvalue weighted by Crippen LogP contribution is 2.36. The zero-order valence-corrected chi connectivity index (χ0v) is 16.8. The summed E-state index contributed by atoms with van der Waals surface area (Å²) in [6, 6.07) is 15.2. The molecule has 0 aliphatic heterocycles. The molecule has 0 spiro atoms. The van der Waals surface area contributed by atoms with Gasteiger partial charge in [-0.1, -0.05) is 49.2 Å². The lowest BCUT2D eigenvalue weighted by Crippen LogP contribution is -2.15. The first kappa shape index (κ1) is 19.0. The maximum atomic E-state index is 14.0. The van der Waals surface area contributed by atoms with Crippen molar-refractivity contribution in [3.05, 3.63) is 59.9 Å². The third-order valence-corrected chi connectivity index (χ3v) is 6.26. The fourth-order valence-electron chi connectivity index (χ4n) is 3.74. The number of halogens is 1. The molecule has 1 aromatic heterocycles. The molecule has 0 amide bonds. The molecule has 1 aliphatic rings. The van der Waals surface area contributed by atoms with Gasteiger partial charge in [0.2, 0.25) is 0 Å². The number of hydrogen-bond acceptors (Lipinski definition) is 4. The molecule has 0 radical (unpaired) electrons. The molecule has 1 heterocycles. The van der Waals surface area contributed by atoms with Gasteiger partial charge in [-0.2, -0.15) is 0 Å². The SMILES string of the molecule is COc1ccc(-c2nnc(SCc3ccccc3F)n2C2CCCCC2)cc1. The van der Waals surface area contributed by atoms with Gasteiger partial charge >= 0.3 is 0 Å². The zero-order chi connectivity index (χ0) is 19.3. The standard InChI is InChI=1S/C22H24FN3OS/c1-27-19-13-11-16(12-14-19)21-24-25-22(26(21)18-8-3-2-4-9-18)28-15-17-7-5-6-10-20(17)23/h5-7,10-14,18H,2-4,8-9,15H2,1H3. The number of nitrogens with zero attached hydrogens (tertiary/aromatic N) is 3. The van der Waals surface area contributed by atoms with Crippen molar-refractivity contribution in [3.63, 3.8) is 0 Å². The van der Waals surface area contributed by atoms with E-state index >= 15 is 0 Å². The molecular weight excluding hydrogens is 373 g/mol. The van der Waals surface area contributed by atoms with E-state index in [1.54, 1.807) is 24.9 Å². The number of thioether (sulfide) groups is 1. The van der Waals surface area contributed by atoms with Crippen molar-refractivity contribution in [1.82, 2.24) is 14.8 Å². The quantitative estimate of drug-likeness (QED) is 0.486. The Balaban J connectivity index is 1.65. The van der Waals surface area contributed by atoms with Crippen molar-refractivity contribution in [1.29, 1.82) is 0 Å². The molecule has 0 N–H and O–H groups in total. The molecule has 1 fully saturated rings. The highest BCUT2D eigenvalue weighted by molar-refractivity contribution is 7.98. The van der Waals surface area contributed by atoms with Crippen molar-refractivity contribution < 1.29 is 9.13 Å². The molecule has 3 aromatic rings. The van der Waals surface area contributed by atoms with E-state index in [2.05, 4.69) is 14.8 Å². The lowest BCUT2D eigenvalue weighted by molar-refractivity contribution is 0.339. The topological polar surface area (TPSA) is 39.9 Å². The van der Waals surface area contributed by atoms with E-state index in [4.69, 9.17) is 4.74 Å². The van der Waals surface area contributed by atoms with Gasteiger partial charge in [0, 0.05) is 17.4 Å². The van der Waals surface area contributed by atoms with Crippen LogP contribution < -0.4 is 4.74 Å². The van der Waals surface area contributed by atoms with E-state index in [0.717, 1.165) is 35.1 Å². The summed E-state index contributed by atoms with van der Waals surface area (Å²) < 4.78 is 21.6. The monoisotopic (exact) mass is 397 g/mol. The van der Waals surface area contributed by atoms with Gasteiger partial charge in [-0.05, 0) is 48.7 Å². The summed E-state index contributed by atoms with van der Waals surface area (Å²) >= 11 is 1.56. The van der Waals surface area contributed by atoms with Gasteiger partial charge in [0.25, 0.3) is 0 Å². The number of benzene rings is 2. The summed E-state index contributed by atoms with van der Waals surface area (Å²) in [7, 11) is 1.66. The van der Waals surface area contributed by atoms with Crippen molar-refractivity contribution in [3.8, 4) is 17.1 Å². The molecule has 0 bridgehead atoms. The Labute approximate surface area is 169 Å². The Bertz CT molecular complexity index is 920. The van der Waals surface area contributed by atoms with Gasteiger partial charge in [-0.3, -0.25) is 4.57 Å². The van der Waals surface area contributed by atoms with Crippen molar-refractivity contribution in [2.45, 2.75) is 49.1 Å². The number of ether oxygens (including phenoxy) is 1. The Morgan fingerprint density at radius 1 is 1.04 bits per heavy atom. The van der Waals surface area contributed by atoms with E-state index < -0.39 is 0 Å². The maximum Gasteiger partial charge on any atom is 0.192 e. The van der Waals surface area contributed by atoms with Gasteiger partial charge in [0.05, 0.1) is 7.11 Å². The molecule has 0 saturated heterocycles. The number of methoxy groups -OCH3 is 1. The van der Waals surface area contributed by atoms with Gasteiger partial charge in [-0.15, -0.1) is 10.2 Å². The minimum atomic E-state index is -0.172. The summed E-state index contributed by atoms with van der Waals surface area (Å²) in [5, 5.41) is 9.85. The number of hydrogen-bond donors (Lipinski definition) is 0. The van der Waals surface area contributed by atoms with Crippen LogP contribution in [0.1, 0.15) is 43.7 Å². The van der Waals surface area contributed by atoms with E-state index in [9.17, 15) is 4.39 Å². The summed E-state index contributed by atoms with van der Waals surface area (Å²) in [4.78, 5) is 0. The average molecular weight is 398 g/mol. The van der Waals surface area contributed by atoms with Crippen molar-refractivity contribution >= 4 is 11.8 Å². The van der Waals surface area contributed by atoms with Crippen LogP contribution in [0, 0.1) is 5.82 Å². The maximum absolute atomic E-state index is 14.0. The Hall–Kier alpha value is -2.34. The van der Waals surface area contributed by atoms with Crippen LogP contribution in [0.15, 0.2) is 53.7 Å². The van der Waals surface area contributed by atoms with Crippen LogP contribution in [0.5, 0.6) is 5.75 Å². The molecule has 146 valence electrons. The lowest BCUT2D eigenvalue weighted by atomic mass is 9.95. The Morgan fingerprint density at radius 2 is 1.79 bits per heavy atom. The van der Waals surface area contributed by atoms with E-state index in [1.807, 2.05) is 36.4 Å². The normalized spacial score (nSPS) is 14.9. The molecule has 1 aliphatic carbocycles. The molecule has 2 aromatic carbocycles. The molecule has 4 nitrogen and oxygen atoms in total. The summed E-state index contributed by atoms with van der Waals surface area (Å²) in [5.74, 6) is 2.07. The lowest BCUT2D eigenvalue weighted by Gasteiger charge is -2.25. The average Bonchev–Trinajstić information content (AvgIpc) is 3.18. The minimum Gasteiger partial charge on any atom is -0.497 e. The van der Waals surface area contributed by atoms with E-state index in [-0.39, 0.29) is 5.82 Å². The van der Waals surface area contributed by atoms with Gasteiger partial charge < -0.3 is 4.74 Å². The second-order valence-electron chi connectivity index (χ2n) is 7.08. The van der Waals surface area contributed by atoms with Crippen LogP contribution in [0.3, 0.4) is 0 Å². The summed E-state index contributed by atoms with van der Waals surface area (Å²) in [6.45, 7) is 0. The molecule has 6 heteroatoms. The molecule has 28 heavy (non-hydrogen) atoms. The van der Waals surface area contributed by atoms with Crippen LogP contribution in [0.4, 0.5) is 4.39 Å². The number of aromatic nitrogens is 3. The highest BCUT2D eigenvalue weighted by atomic mass is 32.2. The summed E-state index contributed by atoms with van der Waals surface area (Å²) in [6.07, 6.45) is 6.00. The first-order chi connectivity index (χ1) is 13.8. The molecular formula is C22H24FN3OS. The second kappa shape index (κ2) is 8.78. The van der Waals surface area contributed by atoms with Crippen LogP contribution in [0.2, 0.25) is 0 Å². The van der Waals surface area contributed by atoms with Gasteiger partial charge in [0.15, 0.2) is 11.0 Å². The van der Waals surface area contributed by atoms with Crippen LogP contribution in [-0.4, -0.2) is 21.9 Å². The second-order valence-corrected chi connectivity index (χ2v) is 8.02. The smallest absolute Gasteiger partial charge is 0.192 e. The Morgan fingerprint density at radius 3 is 2.50 bits per heavy atom. The van der Waals surface area contributed by atoms with Gasteiger partial charge in [-0.25, -0.2) is 4.39 Å². The number of rotatable bonds is 6. The summed E-state index contributed by atoms with van der Waals surface area (Å²) in [5.41, 5.74) is 1.72. The van der Waals surface area contributed by atoms with Crippen LogP contribution >= 0.6 is 11.8 Å². The van der Waals surface area contributed by atoms with E-state index in [1.165, 1.54) is 25.3 Å². The zero-order valence-electron chi connectivity index (χ0n) is 16.0. The first-order valence-electron chi connectivity index (χ1n) is 9.72.